The maximum Gasteiger partial charge on any atom is 0.316 e. The lowest BCUT2D eigenvalue weighted by Crippen LogP contribution is -2.21. The number of esters is 1. The van der Waals surface area contributed by atoms with Crippen LogP contribution in [-0.2, 0) is 14.9 Å². The zero-order valence-corrected chi connectivity index (χ0v) is 8.90. The predicted octanol–water partition coefficient (Wildman–Crippen LogP) is 2.03. The number of methoxy groups -OCH3 is 1. The van der Waals surface area contributed by atoms with Crippen molar-refractivity contribution in [1.82, 2.24) is 4.98 Å². The van der Waals surface area contributed by atoms with Crippen molar-refractivity contribution in [1.29, 1.82) is 0 Å². The monoisotopic (exact) mass is 217 g/mol. The van der Waals surface area contributed by atoms with Gasteiger partial charge in [-0.1, -0.05) is 6.07 Å². The normalized spacial score (nSPS) is 17.3. The second-order valence-electron chi connectivity index (χ2n) is 4.11. The third-order valence-corrected chi connectivity index (χ3v) is 3.21. The van der Waals surface area contributed by atoms with Crippen molar-refractivity contribution in [2.24, 2.45) is 0 Å². The summed E-state index contributed by atoms with van der Waals surface area (Å²) < 4.78 is 10.1. The predicted molar refractivity (Wildman–Crippen MR) is 56.9 cm³/mol. The van der Waals surface area contributed by atoms with Crippen LogP contribution in [0.1, 0.15) is 18.4 Å². The Morgan fingerprint density at radius 1 is 1.50 bits per heavy atom. The van der Waals surface area contributed by atoms with E-state index in [9.17, 15) is 4.79 Å². The standard InChI is InChI=1S/C12H11NO3/c1-15-11(14)12(4-5-12)8-2-3-9-10(6-8)16-7-13-9/h2-3,6-7H,4-5H2,1H3. The van der Waals surface area contributed by atoms with Crippen LogP contribution in [0.3, 0.4) is 0 Å². The number of ether oxygens (including phenoxy) is 1. The smallest absolute Gasteiger partial charge is 0.316 e. The van der Waals surface area contributed by atoms with Gasteiger partial charge in [0.05, 0.1) is 12.5 Å². The minimum Gasteiger partial charge on any atom is -0.468 e. The lowest BCUT2D eigenvalue weighted by Gasteiger charge is -2.12. The number of carbonyl (C=O) groups excluding carboxylic acids is 1. The highest BCUT2D eigenvalue weighted by molar-refractivity contribution is 5.88. The maximum atomic E-state index is 11.7. The third kappa shape index (κ3) is 1.16. The SMILES string of the molecule is COC(=O)C1(c2ccc3ncoc3c2)CC1. The van der Waals surface area contributed by atoms with E-state index in [2.05, 4.69) is 4.98 Å². The van der Waals surface area contributed by atoms with Gasteiger partial charge in [0.1, 0.15) is 5.52 Å². The summed E-state index contributed by atoms with van der Waals surface area (Å²) in [5.41, 5.74) is 2.05. The molecule has 0 saturated heterocycles. The Morgan fingerprint density at radius 2 is 2.31 bits per heavy atom. The van der Waals surface area contributed by atoms with Gasteiger partial charge in [0, 0.05) is 0 Å². The summed E-state index contributed by atoms with van der Waals surface area (Å²) in [5.74, 6) is -0.161. The van der Waals surface area contributed by atoms with E-state index in [0.29, 0.717) is 5.58 Å². The van der Waals surface area contributed by atoms with Crippen LogP contribution < -0.4 is 0 Å². The summed E-state index contributed by atoms with van der Waals surface area (Å²) in [6, 6.07) is 5.68. The fraction of sp³-hybridized carbons (Fsp3) is 0.333. The molecule has 1 aromatic carbocycles. The number of benzene rings is 1. The molecule has 1 fully saturated rings. The van der Waals surface area contributed by atoms with Gasteiger partial charge in [0.15, 0.2) is 12.0 Å². The van der Waals surface area contributed by atoms with E-state index in [1.807, 2.05) is 18.2 Å². The first-order valence-electron chi connectivity index (χ1n) is 5.18. The van der Waals surface area contributed by atoms with Crippen LogP contribution in [-0.4, -0.2) is 18.1 Å². The molecule has 4 heteroatoms. The van der Waals surface area contributed by atoms with E-state index < -0.39 is 5.41 Å². The molecule has 0 spiro atoms. The van der Waals surface area contributed by atoms with Crippen molar-refractivity contribution in [2.45, 2.75) is 18.3 Å². The number of rotatable bonds is 2. The van der Waals surface area contributed by atoms with E-state index in [4.69, 9.17) is 9.15 Å². The molecule has 0 amide bonds. The highest BCUT2D eigenvalue weighted by Gasteiger charge is 2.52. The Balaban J connectivity index is 2.09. The highest BCUT2D eigenvalue weighted by Crippen LogP contribution is 2.49. The number of hydrogen-bond acceptors (Lipinski definition) is 4. The first kappa shape index (κ1) is 9.39. The third-order valence-electron chi connectivity index (χ3n) is 3.21. The Morgan fingerprint density at radius 3 is 3.00 bits per heavy atom. The van der Waals surface area contributed by atoms with Gasteiger partial charge >= 0.3 is 5.97 Å². The molecule has 1 aliphatic carbocycles. The second-order valence-corrected chi connectivity index (χ2v) is 4.11. The van der Waals surface area contributed by atoms with Crippen molar-refractivity contribution in [2.75, 3.05) is 7.11 Å². The van der Waals surface area contributed by atoms with Gasteiger partial charge in [-0.2, -0.15) is 0 Å². The first-order chi connectivity index (χ1) is 7.76. The molecule has 0 aliphatic heterocycles. The molecular weight excluding hydrogens is 206 g/mol. The van der Waals surface area contributed by atoms with Crippen molar-refractivity contribution in [3.05, 3.63) is 30.2 Å². The maximum absolute atomic E-state index is 11.7. The molecule has 0 bridgehead atoms. The first-order valence-corrected chi connectivity index (χ1v) is 5.18. The number of carbonyl (C=O) groups is 1. The molecule has 82 valence electrons. The van der Waals surface area contributed by atoms with Crippen LogP contribution in [0.15, 0.2) is 29.0 Å². The fourth-order valence-electron chi connectivity index (χ4n) is 2.08. The fourth-order valence-corrected chi connectivity index (χ4v) is 2.08. The Hall–Kier alpha value is -1.84. The molecule has 0 N–H and O–H groups in total. The molecule has 1 saturated carbocycles. The van der Waals surface area contributed by atoms with Crippen molar-refractivity contribution < 1.29 is 13.9 Å². The van der Waals surface area contributed by atoms with Gasteiger partial charge in [0.2, 0.25) is 0 Å². The van der Waals surface area contributed by atoms with Crippen LogP contribution in [0.5, 0.6) is 0 Å². The second kappa shape index (κ2) is 3.07. The summed E-state index contributed by atoms with van der Waals surface area (Å²) in [7, 11) is 1.43. The van der Waals surface area contributed by atoms with Gasteiger partial charge in [-0.3, -0.25) is 4.79 Å². The number of oxazole rings is 1. The number of fused-ring (bicyclic) bond motifs is 1. The number of hydrogen-bond donors (Lipinski definition) is 0. The molecule has 1 aromatic heterocycles. The van der Waals surface area contributed by atoms with E-state index in [-0.39, 0.29) is 5.97 Å². The molecule has 2 aromatic rings. The summed E-state index contributed by atoms with van der Waals surface area (Å²) >= 11 is 0. The topological polar surface area (TPSA) is 52.3 Å². The number of nitrogens with zero attached hydrogens (tertiary/aromatic N) is 1. The molecule has 16 heavy (non-hydrogen) atoms. The van der Waals surface area contributed by atoms with Crippen molar-refractivity contribution in [3.8, 4) is 0 Å². The van der Waals surface area contributed by atoms with E-state index in [1.165, 1.54) is 13.5 Å². The van der Waals surface area contributed by atoms with Gasteiger partial charge in [-0.15, -0.1) is 0 Å². The van der Waals surface area contributed by atoms with E-state index in [1.54, 1.807) is 0 Å². The summed E-state index contributed by atoms with van der Waals surface area (Å²) in [6.45, 7) is 0. The lowest BCUT2D eigenvalue weighted by atomic mass is 9.96. The van der Waals surface area contributed by atoms with Crippen LogP contribution in [0.2, 0.25) is 0 Å². The van der Waals surface area contributed by atoms with E-state index >= 15 is 0 Å². The van der Waals surface area contributed by atoms with Crippen molar-refractivity contribution >= 4 is 17.1 Å². The van der Waals surface area contributed by atoms with E-state index in [0.717, 1.165) is 23.9 Å². The number of aromatic nitrogens is 1. The zero-order chi connectivity index (χ0) is 11.2. The minimum absolute atomic E-state index is 0.161. The van der Waals surface area contributed by atoms with Crippen molar-refractivity contribution in [3.63, 3.8) is 0 Å². The van der Waals surface area contributed by atoms with Gasteiger partial charge < -0.3 is 9.15 Å². The molecule has 1 heterocycles. The lowest BCUT2D eigenvalue weighted by molar-refractivity contribution is -0.143. The average molecular weight is 217 g/mol. The largest absolute Gasteiger partial charge is 0.468 e. The molecule has 0 radical (unpaired) electrons. The van der Waals surface area contributed by atoms with Gasteiger partial charge in [-0.25, -0.2) is 4.98 Å². The zero-order valence-electron chi connectivity index (χ0n) is 8.90. The van der Waals surface area contributed by atoms with Crippen LogP contribution in [0, 0.1) is 0 Å². The molecule has 4 nitrogen and oxygen atoms in total. The van der Waals surface area contributed by atoms with Crippen LogP contribution in [0.25, 0.3) is 11.1 Å². The Kier molecular flexibility index (Phi) is 1.80. The molecular formula is C12H11NO3. The molecule has 0 atom stereocenters. The van der Waals surface area contributed by atoms with Gasteiger partial charge in [0.25, 0.3) is 0 Å². The molecule has 0 unspecified atom stereocenters. The quantitative estimate of drug-likeness (QED) is 0.722. The molecule has 1 aliphatic rings. The Labute approximate surface area is 92.2 Å². The van der Waals surface area contributed by atoms with Crippen LogP contribution >= 0.6 is 0 Å². The summed E-state index contributed by atoms with van der Waals surface area (Å²) in [6.07, 6.45) is 3.10. The van der Waals surface area contributed by atoms with Crippen LogP contribution in [0.4, 0.5) is 0 Å². The average Bonchev–Trinajstić information content (AvgIpc) is 3.00. The van der Waals surface area contributed by atoms with Gasteiger partial charge in [-0.05, 0) is 30.5 Å². The summed E-state index contributed by atoms with van der Waals surface area (Å²) in [5, 5.41) is 0. The molecule has 3 rings (SSSR count). The minimum atomic E-state index is -0.435. The summed E-state index contributed by atoms with van der Waals surface area (Å²) in [4.78, 5) is 15.7. The Bertz CT molecular complexity index is 554. The highest BCUT2D eigenvalue weighted by atomic mass is 16.5.